The molecule has 0 aromatic rings. The first kappa shape index (κ1) is 24.3. The van der Waals surface area contributed by atoms with Crippen molar-refractivity contribution in [3.05, 3.63) is 5.73 Å². The van der Waals surface area contributed by atoms with Gasteiger partial charge in [-0.15, -0.1) is 0 Å². The van der Waals surface area contributed by atoms with E-state index in [1.165, 1.54) is 0 Å². The maximum Gasteiger partial charge on any atom is 0.220 e. The molecule has 3 atom stereocenters. The van der Waals surface area contributed by atoms with Crippen molar-refractivity contribution in [3.63, 3.8) is 0 Å². The van der Waals surface area contributed by atoms with Crippen molar-refractivity contribution in [3.8, 4) is 0 Å². The van der Waals surface area contributed by atoms with Crippen LogP contribution in [0.15, 0.2) is 0 Å². The van der Waals surface area contributed by atoms with Crippen LogP contribution in [0.1, 0.15) is 46.5 Å². The Labute approximate surface area is 161 Å². The van der Waals surface area contributed by atoms with E-state index in [1.807, 2.05) is 13.8 Å². The van der Waals surface area contributed by atoms with E-state index in [9.17, 15) is 9.59 Å². The molecule has 0 aliphatic carbocycles. The first-order chi connectivity index (χ1) is 9.62. The van der Waals surface area contributed by atoms with Crippen molar-refractivity contribution in [1.29, 1.82) is 0 Å². The molecule has 0 aliphatic heterocycles. The van der Waals surface area contributed by atoms with Crippen molar-refractivity contribution in [2.24, 2.45) is 23.5 Å². The van der Waals surface area contributed by atoms with E-state index in [0.717, 1.165) is 36.8 Å². The van der Waals surface area contributed by atoms with Gasteiger partial charge in [0, 0.05) is 50.5 Å². The summed E-state index contributed by atoms with van der Waals surface area (Å²) in [6.45, 7) is 7.95. The molecule has 0 bridgehead atoms. The second-order valence-electron chi connectivity index (χ2n) is 6.89. The molecule has 5 nitrogen and oxygen atoms in total. The Morgan fingerprint density at radius 1 is 1.18 bits per heavy atom. The quantitative estimate of drug-likeness (QED) is 0.552. The van der Waals surface area contributed by atoms with Gasteiger partial charge in [-0.2, -0.15) is 0 Å². The summed E-state index contributed by atoms with van der Waals surface area (Å²) in [5.74, 6) is -0.692. The zero-order valence-electron chi connectivity index (χ0n) is 14.9. The molecule has 127 valence electrons. The summed E-state index contributed by atoms with van der Waals surface area (Å²) in [5.41, 5.74) is 12.7. The van der Waals surface area contributed by atoms with E-state index in [4.69, 9.17) is 11.5 Å². The van der Waals surface area contributed by atoms with Crippen molar-refractivity contribution in [1.82, 2.24) is 0 Å². The van der Waals surface area contributed by atoms with Crippen LogP contribution in [0.25, 0.3) is 5.73 Å². The topological polar surface area (TPSA) is 84.0 Å². The normalized spacial score (nSPS) is 15.5. The number of primary amides is 1. The molecule has 0 rings (SSSR count). The Morgan fingerprint density at radius 2 is 1.73 bits per heavy atom. The van der Waals surface area contributed by atoms with Gasteiger partial charge in [0.2, 0.25) is 5.91 Å². The van der Waals surface area contributed by atoms with Gasteiger partial charge in [0.25, 0.3) is 0 Å². The van der Waals surface area contributed by atoms with Gasteiger partial charge in [-0.25, -0.2) is 0 Å². The van der Waals surface area contributed by atoms with Gasteiger partial charge in [0.05, 0.1) is 33.1 Å². The minimum atomic E-state index is -0.466. The van der Waals surface area contributed by atoms with E-state index in [2.05, 4.69) is 21.0 Å². The van der Waals surface area contributed by atoms with Crippen LogP contribution >= 0.6 is 0 Å². The van der Waals surface area contributed by atoms with E-state index in [1.54, 1.807) is 0 Å². The molecule has 3 N–H and O–H groups in total. The van der Waals surface area contributed by atoms with Gasteiger partial charge in [0.15, 0.2) is 0 Å². The van der Waals surface area contributed by atoms with Crippen LogP contribution in [-0.2, 0) is 42.3 Å². The number of hydrogen-bond acceptors (Lipinski definition) is 2. The fraction of sp³-hybridized carbons (Fsp3) is 0.875. The average molecular weight is 388 g/mol. The van der Waals surface area contributed by atoms with E-state index >= 15 is 0 Å². The Bertz CT molecular complexity index is 348. The first-order valence-corrected chi connectivity index (χ1v) is 7.99. The van der Waals surface area contributed by atoms with Gasteiger partial charge in [-0.05, 0) is 32.6 Å². The smallest absolute Gasteiger partial charge is 0.220 e. The fourth-order valence-corrected chi connectivity index (χ4v) is 2.60. The summed E-state index contributed by atoms with van der Waals surface area (Å²) in [4.78, 5) is 22.6. The molecular formula is C16H33N3O2Y. The van der Waals surface area contributed by atoms with Crippen LogP contribution in [-0.4, -0.2) is 43.5 Å². The number of hydrogen-bond donors (Lipinski definition) is 1. The Morgan fingerprint density at radius 3 is 2.09 bits per heavy atom. The first-order valence-electron chi connectivity index (χ1n) is 7.99. The van der Waals surface area contributed by atoms with Crippen LogP contribution < -0.4 is 5.73 Å². The standard InChI is InChI=1S/C16H33N3O2.Y/c1-6-14(16(18)21)10-13(11-19(4,5)7-2)9-8-12(3)15(17)20;/h12-14H,6-11H2,1-5H3,(H3-,17,18,20,21);. The molecule has 0 saturated heterocycles. The van der Waals surface area contributed by atoms with E-state index in [-0.39, 0.29) is 50.5 Å². The molecule has 22 heavy (non-hydrogen) atoms. The summed E-state index contributed by atoms with van der Waals surface area (Å²) < 4.78 is 0.887. The van der Waals surface area contributed by atoms with Crippen molar-refractivity contribution in [2.45, 2.75) is 46.5 Å². The number of carbonyl (C=O) groups is 2. The van der Waals surface area contributed by atoms with Gasteiger partial charge < -0.3 is 20.7 Å². The largest absolute Gasteiger partial charge is 0.668 e. The Kier molecular flexibility index (Phi) is 12.7. The average Bonchev–Trinajstić information content (AvgIpc) is 2.40. The number of nitrogens with zero attached hydrogens (tertiary/aromatic N) is 1. The van der Waals surface area contributed by atoms with Crippen LogP contribution in [0, 0.1) is 17.8 Å². The molecule has 0 aromatic heterocycles. The molecule has 0 saturated carbocycles. The van der Waals surface area contributed by atoms with E-state index < -0.39 is 5.91 Å². The maximum atomic E-state index is 11.4. The molecule has 0 spiro atoms. The van der Waals surface area contributed by atoms with Gasteiger partial charge in [-0.3, -0.25) is 4.79 Å². The van der Waals surface area contributed by atoms with Crippen LogP contribution in [0.3, 0.4) is 0 Å². The van der Waals surface area contributed by atoms with Crippen LogP contribution in [0.4, 0.5) is 0 Å². The molecule has 3 unspecified atom stereocenters. The van der Waals surface area contributed by atoms with E-state index in [0.29, 0.717) is 12.3 Å². The Balaban J connectivity index is 0. The number of nitrogens with two attached hydrogens (primary N) is 1. The molecular weight excluding hydrogens is 355 g/mol. The summed E-state index contributed by atoms with van der Waals surface area (Å²) in [7, 11) is 4.35. The van der Waals surface area contributed by atoms with Gasteiger partial charge in [0.1, 0.15) is 0 Å². The van der Waals surface area contributed by atoms with Gasteiger partial charge >= 0.3 is 0 Å². The molecule has 0 heterocycles. The molecule has 0 fully saturated rings. The van der Waals surface area contributed by atoms with Crippen molar-refractivity contribution in [2.75, 3.05) is 27.2 Å². The van der Waals surface area contributed by atoms with Crippen LogP contribution in [0.5, 0.6) is 0 Å². The predicted molar refractivity (Wildman–Crippen MR) is 86.3 cm³/mol. The van der Waals surface area contributed by atoms with Gasteiger partial charge in [-0.1, -0.05) is 13.8 Å². The number of quaternary nitrogens is 1. The third-order valence-corrected chi connectivity index (χ3v) is 4.58. The maximum absolute atomic E-state index is 11.4. The zero-order chi connectivity index (χ0) is 16.6. The Hall–Kier alpha value is 0.00390. The third-order valence-electron chi connectivity index (χ3n) is 4.58. The predicted octanol–water partition coefficient (Wildman–Crippen LogP) is 2.59. The van der Waals surface area contributed by atoms with Crippen molar-refractivity contribution < 1.29 is 46.8 Å². The summed E-state index contributed by atoms with van der Waals surface area (Å²) >= 11 is 0. The number of rotatable bonds is 11. The monoisotopic (exact) mass is 388 g/mol. The second-order valence-corrected chi connectivity index (χ2v) is 6.89. The molecule has 6 heteroatoms. The zero-order valence-corrected chi connectivity index (χ0v) is 17.7. The minimum Gasteiger partial charge on any atom is -0.668 e. The molecule has 0 aromatic carbocycles. The number of nitrogens with one attached hydrogen (secondary N) is 1. The molecule has 1 radical (unpaired) electrons. The SMILES string of the molecule is CCC(CC(CCC(C)C(N)=O)C[N+](C)(C)CC)C([NH-])=O.[Y]. The second kappa shape index (κ2) is 11.5. The number of amides is 2. The summed E-state index contributed by atoms with van der Waals surface area (Å²) in [6.07, 6.45) is 3.09. The number of carbonyl (C=O) groups excluding carboxylic acids is 2. The minimum absolute atomic E-state index is 0. The summed E-state index contributed by atoms with van der Waals surface area (Å²) in [6, 6.07) is 0. The van der Waals surface area contributed by atoms with Crippen LogP contribution in [0.2, 0.25) is 0 Å². The molecule has 2 amide bonds. The van der Waals surface area contributed by atoms with Crippen molar-refractivity contribution >= 4 is 11.8 Å². The fourth-order valence-electron chi connectivity index (χ4n) is 2.60. The summed E-state index contributed by atoms with van der Waals surface area (Å²) in [5, 5.41) is 0. The molecule has 0 aliphatic rings. The third kappa shape index (κ3) is 9.91.